The van der Waals surface area contributed by atoms with E-state index in [9.17, 15) is 4.79 Å². The predicted octanol–water partition coefficient (Wildman–Crippen LogP) is 5.74. The fraction of sp³-hybridized carbons (Fsp3) is 0.208. The molecule has 33 heavy (non-hydrogen) atoms. The van der Waals surface area contributed by atoms with Crippen molar-refractivity contribution in [1.29, 1.82) is 0 Å². The van der Waals surface area contributed by atoms with Crippen LogP contribution in [-0.2, 0) is 17.8 Å². The molecule has 0 unspecified atom stereocenters. The molecular formula is C24H22Cl2N4O2S. The van der Waals surface area contributed by atoms with Crippen LogP contribution < -0.4 is 11.5 Å². The number of nitrogens with zero attached hydrogens (tertiary/aromatic N) is 2. The Morgan fingerprint density at radius 3 is 2.58 bits per heavy atom. The van der Waals surface area contributed by atoms with Crippen molar-refractivity contribution < 1.29 is 9.53 Å². The topological polar surface area (TPSA) is 104 Å². The predicted molar refractivity (Wildman–Crippen MR) is 135 cm³/mol. The average Bonchev–Trinajstić information content (AvgIpc) is 3.12. The Morgan fingerprint density at radius 1 is 1.12 bits per heavy atom. The molecule has 2 aromatic heterocycles. The summed E-state index contributed by atoms with van der Waals surface area (Å²) in [5.74, 6) is 0.192. The monoisotopic (exact) mass is 500 g/mol. The molecule has 2 aromatic carbocycles. The van der Waals surface area contributed by atoms with Crippen molar-refractivity contribution in [1.82, 2.24) is 9.97 Å². The van der Waals surface area contributed by atoms with Crippen LogP contribution in [0.2, 0.25) is 10.0 Å². The van der Waals surface area contributed by atoms with Gasteiger partial charge in [-0.05, 0) is 23.6 Å². The lowest BCUT2D eigenvalue weighted by Crippen LogP contribution is -2.12. The number of hydrogen-bond donors (Lipinski definition) is 2. The molecule has 0 saturated carbocycles. The minimum Gasteiger partial charge on any atom is -0.397 e. The van der Waals surface area contributed by atoms with Crippen LogP contribution in [0.1, 0.15) is 28.0 Å². The quantitative estimate of drug-likeness (QED) is 0.320. The molecule has 2 heterocycles. The van der Waals surface area contributed by atoms with E-state index in [1.165, 1.54) is 0 Å². The third-order valence-electron chi connectivity index (χ3n) is 5.10. The zero-order chi connectivity index (χ0) is 23.5. The first kappa shape index (κ1) is 23.4. The number of halogens is 2. The molecule has 170 valence electrons. The van der Waals surface area contributed by atoms with Crippen LogP contribution in [0.3, 0.4) is 0 Å². The molecule has 4 N–H and O–H groups in total. The Morgan fingerprint density at radius 2 is 1.88 bits per heavy atom. The van der Waals surface area contributed by atoms with Crippen molar-refractivity contribution >= 4 is 56.3 Å². The molecule has 1 amide bonds. The number of benzene rings is 2. The summed E-state index contributed by atoms with van der Waals surface area (Å²) in [5.41, 5.74) is 14.5. The highest BCUT2D eigenvalue weighted by Crippen LogP contribution is 2.39. The molecule has 1 atom stereocenters. The number of rotatable bonds is 8. The Balaban J connectivity index is 1.64. The lowest BCUT2D eigenvalue weighted by atomic mass is 10.1. The van der Waals surface area contributed by atoms with E-state index in [0.29, 0.717) is 51.4 Å². The van der Waals surface area contributed by atoms with Crippen molar-refractivity contribution in [2.45, 2.75) is 20.0 Å². The summed E-state index contributed by atoms with van der Waals surface area (Å²) in [6.07, 6.45) is 0.586. The van der Waals surface area contributed by atoms with Crippen LogP contribution in [0.4, 0.5) is 5.69 Å². The maximum Gasteiger partial charge on any atom is 0.260 e. The first-order valence-electron chi connectivity index (χ1n) is 10.3. The van der Waals surface area contributed by atoms with Gasteiger partial charge in [-0.25, -0.2) is 9.97 Å². The number of thiophene rings is 1. The fourth-order valence-electron chi connectivity index (χ4n) is 3.52. The number of primary amides is 1. The summed E-state index contributed by atoms with van der Waals surface area (Å²) in [6.45, 7) is 3.18. The number of carbonyl (C=O) groups is 1. The molecule has 6 nitrogen and oxygen atoms in total. The van der Waals surface area contributed by atoms with Crippen molar-refractivity contribution in [2.75, 3.05) is 12.3 Å². The van der Waals surface area contributed by atoms with Gasteiger partial charge in [-0.1, -0.05) is 66.5 Å². The molecule has 9 heteroatoms. The second kappa shape index (κ2) is 10.1. The van der Waals surface area contributed by atoms with Gasteiger partial charge in [-0.15, -0.1) is 11.3 Å². The van der Waals surface area contributed by atoms with Crippen molar-refractivity contribution in [2.24, 2.45) is 11.7 Å². The van der Waals surface area contributed by atoms with Gasteiger partial charge >= 0.3 is 0 Å². The SMILES string of the molecule is C[C@@H](COCc1ccccc1)Cc1nc(-c2ccc(Cl)c(Cl)c2)c2c(N)c(C(N)=O)sc2n1. The van der Waals surface area contributed by atoms with E-state index in [0.717, 1.165) is 22.5 Å². The normalized spacial score (nSPS) is 12.2. The summed E-state index contributed by atoms with van der Waals surface area (Å²) in [7, 11) is 0. The lowest BCUT2D eigenvalue weighted by Gasteiger charge is -2.13. The third kappa shape index (κ3) is 5.28. The molecule has 0 aliphatic heterocycles. The fourth-order valence-corrected chi connectivity index (χ4v) is 4.78. The number of aromatic nitrogens is 2. The van der Waals surface area contributed by atoms with Gasteiger partial charge < -0.3 is 16.2 Å². The van der Waals surface area contributed by atoms with Gasteiger partial charge in [0.1, 0.15) is 15.5 Å². The molecule has 0 bridgehead atoms. The van der Waals surface area contributed by atoms with E-state index >= 15 is 0 Å². The minimum absolute atomic E-state index is 0.167. The first-order chi connectivity index (χ1) is 15.8. The number of nitrogen functional groups attached to an aromatic ring is 1. The first-order valence-corrected chi connectivity index (χ1v) is 11.9. The highest BCUT2D eigenvalue weighted by molar-refractivity contribution is 7.21. The highest BCUT2D eigenvalue weighted by Gasteiger charge is 2.22. The van der Waals surface area contributed by atoms with Gasteiger partial charge in [-0.2, -0.15) is 0 Å². The van der Waals surface area contributed by atoms with E-state index in [-0.39, 0.29) is 16.5 Å². The second-order valence-corrected chi connectivity index (χ2v) is 9.63. The van der Waals surface area contributed by atoms with Crippen molar-refractivity contribution in [3.05, 3.63) is 74.8 Å². The second-order valence-electron chi connectivity index (χ2n) is 7.82. The molecular weight excluding hydrogens is 479 g/mol. The third-order valence-corrected chi connectivity index (χ3v) is 6.95. The van der Waals surface area contributed by atoms with Gasteiger partial charge in [0.05, 0.1) is 40.0 Å². The Bertz CT molecular complexity index is 1310. The maximum atomic E-state index is 11.9. The number of ether oxygens (including phenoxy) is 1. The molecule has 0 aliphatic carbocycles. The Kier molecular flexibility index (Phi) is 7.14. The van der Waals surface area contributed by atoms with Crippen LogP contribution >= 0.6 is 34.5 Å². The highest BCUT2D eigenvalue weighted by atomic mass is 35.5. The van der Waals surface area contributed by atoms with Crippen LogP contribution in [0.25, 0.3) is 21.5 Å². The molecule has 0 radical (unpaired) electrons. The number of fused-ring (bicyclic) bond motifs is 1. The zero-order valence-electron chi connectivity index (χ0n) is 17.8. The average molecular weight is 501 g/mol. The van der Waals surface area contributed by atoms with Crippen LogP contribution in [0.15, 0.2) is 48.5 Å². The molecule has 0 spiro atoms. The van der Waals surface area contributed by atoms with Crippen LogP contribution in [-0.4, -0.2) is 22.5 Å². The smallest absolute Gasteiger partial charge is 0.260 e. The lowest BCUT2D eigenvalue weighted by molar-refractivity contribution is 0.0916. The molecule has 4 rings (SSSR count). The number of nitrogens with two attached hydrogens (primary N) is 2. The molecule has 0 saturated heterocycles. The molecule has 4 aromatic rings. The van der Waals surface area contributed by atoms with Crippen molar-refractivity contribution in [3.8, 4) is 11.3 Å². The summed E-state index contributed by atoms with van der Waals surface area (Å²) in [6, 6.07) is 15.3. The maximum absolute atomic E-state index is 11.9. The van der Waals surface area contributed by atoms with Gasteiger partial charge in [0.2, 0.25) is 0 Å². The van der Waals surface area contributed by atoms with Gasteiger partial charge in [-0.3, -0.25) is 4.79 Å². The summed E-state index contributed by atoms with van der Waals surface area (Å²) in [5, 5.41) is 1.42. The Hall–Kier alpha value is -2.71. The minimum atomic E-state index is -0.597. The van der Waals surface area contributed by atoms with Gasteiger partial charge in [0, 0.05) is 12.0 Å². The molecule has 0 fully saturated rings. The van der Waals surface area contributed by atoms with Crippen LogP contribution in [0, 0.1) is 5.92 Å². The summed E-state index contributed by atoms with van der Waals surface area (Å²) in [4.78, 5) is 22.2. The van der Waals surface area contributed by atoms with E-state index in [2.05, 4.69) is 11.9 Å². The van der Waals surface area contributed by atoms with Gasteiger partial charge in [0.25, 0.3) is 5.91 Å². The van der Waals surface area contributed by atoms with E-state index in [1.807, 2.05) is 36.4 Å². The Labute approximate surface area is 205 Å². The standard InChI is InChI=1S/C24H22Cl2N4O2S/c1-13(11-32-12-14-5-3-2-4-6-14)9-18-29-21(15-7-8-16(25)17(26)10-15)19-20(27)22(23(28)31)33-24(19)30-18/h2-8,10,13H,9,11-12,27H2,1H3,(H2,28,31)/t13-/m1/s1. The van der Waals surface area contributed by atoms with Gasteiger partial charge in [0.15, 0.2) is 0 Å². The summed E-state index contributed by atoms with van der Waals surface area (Å²) < 4.78 is 5.87. The van der Waals surface area contributed by atoms with Crippen molar-refractivity contribution in [3.63, 3.8) is 0 Å². The number of carbonyl (C=O) groups excluding carboxylic acids is 1. The summed E-state index contributed by atoms with van der Waals surface area (Å²) >= 11 is 13.5. The van der Waals surface area contributed by atoms with Crippen LogP contribution in [0.5, 0.6) is 0 Å². The zero-order valence-corrected chi connectivity index (χ0v) is 20.2. The number of hydrogen-bond acceptors (Lipinski definition) is 6. The van der Waals surface area contributed by atoms with E-state index in [1.54, 1.807) is 12.1 Å². The number of anilines is 1. The van der Waals surface area contributed by atoms with E-state index < -0.39 is 5.91 Å². The number of amides is 1. The molecule has 0 aliphatic rings. The van der Waals surface area contributed by atoms with E-state index in [4.69, 9.17) is 44.4 Å². The largest absolute Gasteiger partial charge is 0.397 e.